The van der Waals surface area contributed by atoms with Gasteiger partial charge in [0.1, 0.15) is 0 Å². The van der Waals surface area contributed by atoms with E-state index in [1.165, 1.54) is 0 Å². The zero-order chi connectivity index (χ0) is 15.0. The van der Waals surface area contributed by atoms with Gasteiger partial charge in [-0.05, 0) is 19.1 Å². The van der Waals surface area contributed by atoms with E-state index in [-0.39, 0.29) is 13.2 Å². The molecule has 1 aromatic carbocycles. The smallest absolute Gasteiger partial charge is 0.396 e. The van der Waals surface area contributed by atoms with E-state index in [1.54, 1.807) is 6.92 Å². The molecule has 1 N–H and O–H groups in total. The molecule has 106 valence electrons. The third-order valence-corrected chi connectivity index (χ3v) is 2.41. The van der Waals surface area contributed by atoms with Crippen molar-refractivity contribution in [2.24, 2.45) is 0 Å². The van der Waals surface area contributed by atoms with Crippen LogP contribution in [-0.4, -0.2) is 39.1 Å². The Bertz CT molecular complexity index is 542. The van der Waals surface area contributed by atoms with E-state index in [0.717, 1.165) is 11.3 Å². The Morgan fingerprint density at radius 2 is 2.00 bits per heavy atom. The van der Waals surface area contributed by atoms with Gasteiger partial charge in [-0.2, -0.15) is 0 Å². The minimum atomic E-state index is -0.886. The second-order valence-corrected chi connectivity index (χ2v) is 4.12. The van der Waals surface area contributed by atoms with Crippen LogP contribution >= 0.6 is 0 Å². The number of para-hydroxylation sites is 1. The van der Waals surface area contributed by atoms with Crippen molar-refractivity contribution in [3.05, 3.63) is 29.8 Å². The molecule has 1 amide bonds. The summed E-state index contributed by atoms with van der Waals surface area (Å²) in [5.74, 6) is 4.11. The number of benzene rings is 1. The summed E-state index contributed by atoms with van der Waals surface area (Å²) in [6.07, 6.45) is 0. The number of carbonyl (C=O) groups is 2. The predicted octanol–water partition coefficient (Wildman–Crippen LogP) is 0.783. The molecule has 0 aliphatic rings. The largest absolute Gasteiger partial charge is 0.459 e. The van der Waals surface area contributed by atoms with E-state index in [1.807, 2.05) is 43.3 Å². The highest BCUT2D eigenvalue weighted by Gasteiger charge is 2.12. The SMILES string of the molecule is CCOC(=O)C(=O)NCC#Cc1ccccc1N(C)C. The fourth-order valence-electron chi connectivity index (χ4n) is 1.50. The highest BCUT2D eigenvalue weighted by molar-refractivity contribution is 6.32. The molecule has 0 atom stereocenters. The van der Waals surface area contributed by atoms with Gasteiger partial charge in [-0.1, -0.05) is 24.0 Å². The third-order valence-electron chi connectivity index (χ3n) is 2.41. The van der Waals surface area contributed by atoms with E-state index in [9.17, 15) is 9.59 Å². The van der Waals surface area contributed by atoms with Gasteiger partial charge in [-0.25, -0.2) is 4.79 Å². The molecular formula is C15H18N2O3. The van der Waals surface area contributed by atoms with Crippen molar-refractivity contribution in [3.63, 3.8) is 0 Å². The molecule has 0 radical (unpaired) electrons. The summed E-state index contributed by atoms with van der Waals surface area (Å²) in [4.78, 5) is 24.3. The lowest BCUT2D eigenvalue weighted by Crippen LogP contribution is -2.32. The fraction of sp³-hybridized carbons (Fsp3) is 0.333. The van der Waals surface area contributed by atoms with Crippen molar-refractivity contribution < 1.29 is 14.3 Å². The molecule has 0 saturated carbocycles. The van der Waals surface area contributed by atoms with Crippen molar-refractivity contribution in [2.45, 2.75) is 6.92 Å². The van der Waals surface area contributed by atoms with E-state index in [0.29, 0.717) is 0 Å². The Hall–Kier alpha value is -2.48. The normalized spacial score (nSPS) is 9.15. The van der Waals surface area contributed by atoms with Crippen LogP contribution in [-0.2, 0) is 14.3 Å². The number of rotatable bonds is 3. The van der Waals surface area contributed by atoms with Gasteiger partial charge in [0, 0.05) is 19.7 Å². The second-order valence-electron chi connectivity index (χ2n) is 4.12. The van der Waals surface area contributed by atoms with Crippen LogP contribution in [0.15, 0.2) is 24.3 Å². The van der Waals surface area contributed by atoms with Crippen molar-refractivity contribution in [1.29, 1.82) is 0 Å². The Labute approximate surface area is 118 Å². The van der Waals surface area contributed by atoms with Crippen molar-refractivity contribution >= 4 is 17.6 Å². The van der Waals surface area contributed by atoms with Crippen LogP contribution in [0.3, 0.4) is 0 Å². The molecule has 0 aliphatic carbocycles. The number of ether oxygens (including phenoxy) is 1. The van der Waals surface area contributed by atoms with Gasteiger partial charge >= 0.3 is 11.9 Å². The number of nitrogens with zero attached hydrogens (tertiary/aromatic N) is 1. The Morgan fingerprint density at radius 3 is 2.65 bits per heavy atom. The zero-order valence-electron chi connectivity index (χ0n) is 11.9. The Kier molecular flexibility index (Phi) is 6.11. The van der Waals surface area contributed by atoms with E-state index in [4.69, 9.17) is 0 Å². The maximum atomic E-state index is 11.3. The molecule has 5 nitrogen and oxygen atoms in total. The van der Waals surface area contributed by atoms with E-state index < -0.39 is 11.9 Å². The van der Waals surface area contributed by atoms with Crippen LogP contribution in [0.1, 0.15) is 12.5 Å². The van der Waals surface area contributed by atoms with Crippen LogP contribution in [0.25, 0.3) is 0 Å². The molecule has 20 heavy (non-hydrogen) atoms. The fourth-order valence-corrected chi connectivity index (χ4v) is 1.50. The van der Waals surface area contributed by atoms with Crippen molar-refractivity contribution in [1.82, 2.24) is 5.32 Å². The number of nitrogens with one attached hydrogen (secondary N) is 1. The lowest BCUT2D eigenvalue weighted by molar-refractivity contribution is -0.154. The minimum absolute atomic E-state index is 0.0966. The van der Waals surface area contributed by atoms with E-state index >= 15 is 0 Å². The number of hydrogen-bond donors (Lipinski definition) is 1. The van der Waals surface area contributed by atoms with Crippen LogP contribution in [0.5, 0.6) is 0 Å². The maximum Gasteiger partial charge on any atom is 0.396 e. The third kappa shape index (κ3) is 4.65. The molecule has 1 rings (SSSR count). The highest BCUT2D eigenvalue weighted by Crippen LogP contribution is 2.16. The van der Waals surface area contributed by atoms with E-state index in [2.05, 4.69) is 21.9 Å². The molecule has 5 heteroatoms. The summed E-state index contributed by atoms with van der Waals surface area (Å²) in [6.45, 7) is 1.91. The molecule has 0 saturated heterocycles. The lowest BCUT2D eigenvalue weighted by atomic mass is 10.1. The Balaban J connectivity index is 2.59. The molecule has 1 aromatic rings. The van der Waals surface area contributed by atoms with Gasteiger partial charge in [0.25, 0.3) is 0 Å². The van der Waals surface area contributed by atoms with Gasteiger partial charge < -0.3 is 15.0 Å². The first-order chi connectivity index (χ1) is 9.56. The monoisotopic (exact) mass is 274 g/mol. The molecule has 0 aliphatic heterocycles. The minimum Gasteiger partial charge on any atom is -0.459 e. The second kappa shape index (κ2) is 7.85. The Morgan fingerprint density at radius 1 is 1.30 bits per heavy atom. The lowest BCUT2D eigenvalue weighted by Gasteiger charge is -2.13. The maximum absolute atomic E-state index is 11.3. The summed E-state index contributed by atoms with van der Waals surface area (Å²) in [7, 11) is 3.87. The number of esters is 1. The average Bonchev–Trinajstić information content (AvgIpc) is 2.43. The summed E-state index contributed by atoms with van der Waals surface area (Å²) in [6, 6.07) is 7.69. The molecule has 0 aromatic heterocycles. The van der Waals surface area contributed by atoms with Crippen LogP contribution in [0.2, 0.25) is 0 Å². The van der Waals surface area contributed by atoms with Gasteiger partial charge in [-0.15, -0.1) is 0 Å². The molecule has 0 spiro atoms. The summed E-state index contributed by atoms with van der Waals surface area (Å²) >= 11 is 0. The van der Waals surface area contributed by atoms with Gasteiger partial charge in [-0.3, -0.25) is 4.79 Å². The zero-order valence-corrected chi connectivity index (χ0v) is 11.9. The first-order valence-electron chi connectivity index (χ1n) is 6.26. The van der Waals surface area contributed by atoms with Crippen LogP contribution in [0.4, 0.5) is 5.69 Å². The summed E-state index contributed by atoms with van der Waals surface area (Å²) < 4.78 is 4.56. The van der Waals surface area contributed by atoms with Gasteiger partial charge in [0.2, 0.25) is 0 Å². The molecule has 0 fully saturated rings. The summed E-state index contributed by atoms with van der Waals surface area (Å²) in [5, 5.41) is 2.39. The van der Waals surface area contributed by atoms with Crippen LogP contribution < -0.4 is 10.2 Å². The van der Waals surface area contributed by atoms with Crippen LogP contribution in [0, 0.1) is 11.8 Å². The topological polar surface area (TPSA) is 58.6 Å². The van der Waals surface area contributed by atoms with Gasteiger partial charge in [0.15, 0.2) is 0 Å². The number of anilines is 1. The number of carbonyl (C=O) groups excluding carboxylic acids is 2. The quantitative estimate of drug-likeness (QED) is 0.503. The number of amides is 1. The molecule has 0 heterocycles. The van der Waals surface area contributed by atoms with Crippen molar-refractivity contribution in [2.75, 3.05) is 32.1 Å². The van der Waals surface area contributed by atoms with Gasteiger partial charge in [0.05, 0.1) is 18.8 Å². The molecule has 0 bridgehead atoms. The molecular weight excluding hydrogens is 256 g/mol. The average molecular weight is 274 g/mol. The first-order valence-corrected chi connectivity index (χ1v) is 6.26. The summed E-state index contributed by atoms with van der Waals surface area (Å²) in [5.41, 5.74) is 1.86. The molecule has 0 unspecified atom stereocenters. The standard InChI is InChI=1S/C15H18N2O3/c1-4-20-15(19)14(18)16-11-7-9-12-8-5-6-10-13(12)17(2)3/h5-6,8,10H,4,11H2,1-3H3,(H,16,18). The number of hydrogen-bond acceptors (Lipinski definition) is 4. The predicted molar refractivity (Wildman–Crippen MR) is 77.3 cm³/mol. The first kappa shape index (κ1) is 15.6. The highest BCUT2D eigenvalue weighted by atomic mass is 16.5. The van der Waals surface area contributed by atoms with Crippen molar-refractivity contribution in [3.8, 4) is 11.8 Å².